The standard InChI is InChI=1S/C19H22N2O5.ClH/c1-24-16-10-13(19(23)26-3)15(11-17(16)25-2)21-18(22)9-8-12-6-4-5-7-14(12)20;/h4-7,10-11H,8-9,20H2,1-3H3,(H,21,22);1H. The van der Waals surface area contributed by atoms with Gasteiger partial charge in [0, 0.05) is 24.2 Å². The predicted octanol–water partition coefficient (Wildman–Crippen LogP) is 3.07. The molecular weight excluding hydrogens is 372 g/mol. The van der Waals surface area contributed by atoms with E-state index >= 15 is 0 Å². The molecule has 7 nitrogen and oxygen atoms in total. The third kappa shape index (κ3) is 5.52. The smallest absolute Gasteiger partial charge is 0.340 e. The van der Waals surface area contributed by atoms with Gasteiger partial charge in [0.2, 0.25) is 5.91 Å². The average Bonchev–Trinajstić information content (AvgIpc) is 2.66. The van der Waals surface area contributed by atoms with Crippen molar-refractivity contribution in [3.8, 4) is 11.5 Å². The van der Waals surface area contributed by atoms with Crippen LogP contribution in [0.3, 0.4) is 0 Å². The highest BCUT2D eigenvalue weighted by Gasteiger charge is 2.19. The quantitative estimate of drug-likeness (QED) is 0.553. The first kappa shape index (κ1) is 22.1. The highest BCUT2D eigenvalue weighted by atomic mass is 35.5. The minimum absolute atomic E-state index is 0. The number of aryl methyl sites for hydroxylation is 1. The predicted molar refractivity (Wildman–Crippen MR) is 106 cm³/mol. The number of amides is 1. The molecule has 0 aliphatic rings. The summed E-state index contributed by atoms with van der Waals surface area (Å²) in [5.74, 6) is -0.0927. The van der Waals surface area contributed by atoms with E-state index in [9.17, 15) is 9.59 Å². The minimum atomic E-state index is -0.589. The molecule has 1 amide bonds. The summed E-state index contributed by atoms with van der Waals surface area (Å²) >= 11 is 0. The molecule has 0 radical (unpaired) electrons. The number of benzene rings is 2. The van der Waals surface area contributed by atoms with Gasteiger partial charge >= 0.3 is 5.97 Å². The molecule has 0 aromatic heterocycles. The summed E-state index contributed by atoms with van der Waals surface area (Å²) < 4.78 is 15.2. The third-order valence-corrected chi connectivity index (χ3v) is 3.88. The van der Waals surface area contributed by atoms with Crippen LogP contribution < -0.4 is 20.5 Å². The summed E-state index contributed by atoms with van der Waals surface area (Å²) in [6.07, 6.45) is 0.697. The van der Waals surface area contributed by atoms with Gasteiger partial charge in [-0.05, 0) is 18.1 Å². The largest absolute Gasteiger partial charge is 0.493 e. The summed E-state index contributed by atoms with van der Waals surface area (Å²) in [7, 11) is 4.20. The summed E-state index contributed by atoms with van der Waals surface area (Å²) in [6.45, 7) is 0. The molecule has 2 rings (SSSR count). The normalized spacial score (nSPS) is 9.74. The number of hydrogen-bond acceptors (Lipinski definition) is 6. The van der Waals surface area contributed by atoms with Crippen LogP contribution in [0.25, 0.3) is 0 Å². The summed E-state index contributed by atoms with van der Waals surface area (Å²) in [5, 5.41) is 2.73. The van der Waals surface area contributed by atoms with Crippen molar-refractivity contribution in [1.82, 2.24) is 0 Å². The maximum absolute atomic E-state index is 12.3. The lowest BCUT2D eigenvalue weighted by Crippen LogP contribution is -2.16. The van der Waals surface area contributed by atoms with E-state index < -0.39 is 5.97 Å². The Balaban J connectivity index is 0.00000364. The van der Waals surface area contributed by atoms with E-state index in [1.807, 2.05) is 18.2 Å². The van der Waals surface area contributed by atoms with Gasteiger partial charge in [-0.3, -0.25) is 4.79 Å². The Bertz CT molecular complexity index is 811. The zero-order valence-electron chi connectivity index (χ0n) is 15.4. The van der Waals surface area contributed by atoms with Crippen molar-refractivity contribution in [3.05, 3.63) is 47.5 Å². The number of ether oxygens (including phenoxy) is 3. The SMILES string of the molecule is COC(=O)c1cc(OC)c(OC)cc1NC(=O)CCc1ccccc1N.Cl. The van der Waals surface area contributed by atoms with Crippen molar-refractivity contribution in [1.29, 1.82) is 0 Å². The first-order valence-corrected chi connectivity index (χ1v) is 7.97. The number of nitrogens with two attached hydrogens (primary N) is 1. The van der Waals surface area contributed by atoms with Crippen LogP contribution in [0.15, 0.2) is 36.4 Å². The highest BCUT2D eigenvalue weighted by Crippen LogP contribution is 2.33. The molecule has 0 saturated carbocycles. The number of para-hydroxylation sites is 1. The second-order valence-corrected chi connectivity index (χ2v) is 5.49. The van der Waals surface area contributed by atoms with Crippen molar-refractivity contribution < 1.29 is 23.8 Å². The van der Waals surface area contributed by atoms with E-state index in [-0.39, 0.29) is 30.3 Å². The molecule has 0 unspecified atom stereocenters. The zero-order valence-corrected chi connectivity index (χ0v) is 16.2. The van der Waals surface area contributed by atoms with Crippen LogP contribution in [0.4, 0.5) is 11.4 Å². The number of hydrogen-bond donors (Lipinski definition) is 2. The number of esters is 1. The molecule has 146 valence electrons. The van der Waals surface area contributed by atoms with Gasteiger partial charge in [-0.25, -0.2) is 4.79 Å². The van der Waals surface area contributed by atoms with Gasteiger partial charge in [0.1, 0.15) is 0 Å². The second kappa shape index (κ2) is 10.3. The molecule has 0 fully saturated rings. The van der Waals surface area contributed by atoms with E-state index in [1.165, 1.54) is 33.5 Å². The molecular formula is C19H23ClN2O5. The van der Waals surface area contributed by atoms with Crippen molar-refractivity contribution in [3.63, 3.8) is 0 Å². The van der Waals surface area contributed by atoms with Crippen molar-refractivity contribution in [2.24, 2.45) is 0 Å². The van der Waals surface area contributed by atoms with Gasteiger partial charge in [0.15, 0.2) is 11.5 Å². The third-order valence-electron chi connectivity index (χ3n) is 3.88. The Morgan fingerprint density at radius 3 is 2.26 bits per heavy atom. The lowest BCUT2D eigenvalue weighted by Gasteiger charge is -2.14. The lowest BCUT2D eigenvalue weighted by atomic mass is 10.1. The number of carbonyl (C=O) groups is 2. The van der Waals surface area contributed by atoms with E-state index in [4.69, 9.17) is 19.9 Å². The van der Waals surface area contributed by atoms with Gasteiger partial charge in [0.05, 0.1) is 32.6 Å². The molecule has 0 aliphatic heterocycles. The summed E-state index contributed by atoms with van der Waals surface area (Å²) in [5.41, 5.74) is 7.89. The molecule has 0 saturated heterocycles. The summed E-state index contributed by atoms with van der Waals surface area (Å²) in [4.78, 5) is 24.4. The highest BCUT2D eigenvalue weighted by molar-refractivity contribution is 6.02. The fourth-order valence-electron chi connectivity index (χ4n) is 2.48. The Morgan fingerprint density at radius 1 is 1.04 bits per heavy atom. The van der Waals surface area contributed by atoms with Crippen LogP contribution >= 0.6 is 12.4 Å². The van der Waals surface area contributed by atoms with E-state index in [2.05, 4.69) is 5.32 Å². The molecule has 2 aromatic carbocycles. The second-order valence-electron chi connectivity index (χ2n) is 5.49. The molecule has 0 spiro atoms. The lowest BCUT2D eigenvalue weighted by molar-refractivity contribution is -0.116. The van der Waals surface area contributed by atoms with E-state index in [0.717, 1.165) is 5.56 Å². The number of halogens is 1. The van der Waals surface area contributed by atoms with Gasteiger partial charge in [0.25, 0.3) is 0 Å². The summed E-state index contributed by atoms with van der Waals surface area (Å²) in [6, 6.07) is 10.4. The number of rotatable bonds is 7. The van der Waals surface area contributed by atoms with Crippen molar-refractivity contribution >= 4 is 35.7 Å². The minimum Gasteiger partial charge on any atom is -0.493 e. The van der Waals surface area contributed by atoms with Crippen LogP contribution in [-0.2, 0) is 16.0 Å². The first-order valence-electron chi connectivity index (χ1n) is 7.97. The van der Waals surface area contributed by atoms with Crippen LogP contribution in [0.5, 0.6) is 11.5 Å². The van der Waals surface area contributed by atoms with Crippen molar-refractivity contribution in [2.75, 3.05) is 32.4 Å². The maximum Gasteiger partial charge on any atom is 0.340 e. The molecule has 0 bridgehead atoms. The number of carbonyl (C=O) groups excluding carboxylic acids is 2. The Hall–Kier alpha value is -2.93. The van der Waals surface area contributed by atoms with Gasteiger partial charge in [-0.2, -0.15) is 0 Å². The molecule has 27 heavy (non-hydrogen) atoms. The van der Waals surface area contributed by atoms with Crippen LogP contribution in [0, 0.1) is 0 Å². The number of anilines is 2. The fourth-order valence-corrected chi connectivity index (χ4v) is 2.48. The first-order chi connectivity index (χ1) is 12.5. The molecule has 0 aliphatic carbocycles. The number of nitrogen functional groups attached to an aromatic ring is 1. The molecule has 8 heteroatoms. The van der Waals surface area contributed by atoms with Gasteiger partial charge in [-0.1, -0.05) is 18.2 Å². The van der Waals surface area contributed by atoms with Gasteiger partial charge < -0.3 is 25.3 Å². The number of nitrogens with one attached hydrogen (secondary N) is 1. The molecule has 0 heterocycles. The van der Waals surface area contributed by atoms with Gasteiger partial charge in [-0.15, -0.1) is 12.4 Å². The van der Waals surface area contributed by atoms with Crippen LogP contribution in [-0.4, -0.2) is 33.2 Å². The molecule has 0 atom stereocenters. The molecule has 3 N–H and O–H groups in total. The van der Waals surface area contributed by atoms with E-state index in [0.29, 0.717) is 29.3 Å². The Morgan fingerprint density at radius 2 is 1.67 bits per heavy atom. The van der Waals surface area contributed by atoms with Crippen LogP contribution in [0.2, 0.25) is 0 Å². The average molecular weight is 395 g/mol. The van der Waals surface area contributed by atoms with Crippen LogP contribution in [0.1, 0.15) is 22.3 Å². The number of methoxy groups -OCH3 is 3. The molecule has 2 aromatic rings. The van der Waals surface area contributed by atoms with Crippen molar-refractivity contribution in [2.45, 2.75) is 12.8 Å². The zero-order chi connectivity index (χ0) is 19.1. The topological polar surface area (TPSA) is 99.9 Å². The fraction of sp³-hybridized carbons (Fsp3) is 0.263. The Labute approximate surface area is 164 Å². The maximum atomic E-state index is 12.3. The Kier molecular flexibility index (Phi) is 8.41. The van der Waals surface area contributed by atoms with E-state index in [1.54, 1.807) is 6.07 Å². The monoisotopic (exact) mass is 394 g/mol.